The lowest BCUT2D eigenvalue weighted by molar-refractivity contribution is -0.123. The Bertz CT molecular complexity index is 631. The number of aliphatic hydroxyl groups excluding tert-OH is 2. The molecular formula is C17H25N3O5. The van der Waals surface area contributed by atoms with Gasteiger partial charge in [-0.3, -0.25) is 9.59 Å². The molecule has 1 aliphatic heterocycles. The highest BCUT2D eigenvalue weighted by molar-refractivity contribution is 5.95. The van der Waals surface area contributed by atoms with E-state index in [2.05, 4.69) is 5.32 Å². The molecule has 8 heteroatoms. The molecule has 0 saturated heterocycles. The van der Waals surface area contributed by atoms with Gasteiger partial charge in [0, 0.05) is 26.7 Å². The van der Waals surface area contributed by atoms with Gasteiger partial charge in [0.25, 0.3) is 5.91 Å². The van der Waals surface area contributed by atoms with Gasteiger partial charge >= 0.3 is 0 Å². The fraction of sp³-hybridized carbons (Fsp3) is 0.529. The van der Waals surface area contributed by atoms with Crippen molar-refractivity contribution in [3.8, 4) is 5.75 Å². The fourth-order valence-electron chi connectivity index (χ4n) is 2.65. The van der Waals surface area contributed by atoms with Crippen molar-refractivity contribution < 1.29 is 24.5 Å². The Morgan fingerprint density at radius 3 is 2.64 bits per heavy atom. The van der Waals surface area contributed by atoms with Crippen LogP contribution in [0.5, 0.6) is 5.75 Å². The molecule has 0 unspecified atom stereocenters. The molecule has 8 nitrogen and oxygen atoms in total. The second-order valence-corrected chi connectivity index (χ2v) is 6.29. The van der Waals surface area contributed by atoms with Gasteiger partial charge in [0.15, 0.2) is 0 Å². The van der Waals surface area contributed by atoms with Gasteiger partial charge in [-0.15, -0.1) is 0 Å². The van der Waals surface area contributed by atoms with E-state index in [-0.39, 0.29) is 37.5 Å². The zero-order chi connectivity index (χ0) is 18.6. The van der Waals surface area contributed by atoms with Crippen molar-refractivity contribution in [3.63, 3.8) is 0 Å². The summed E-state index contributed by atoms with van der Waals surface area (Å²) >= 11 is 0. The number of fused-ring (bicyclic) bond motifs is 1. The molecule has 0 aromatic heterocycles. The molecule has 0 aliphatic carbocycles. The van der Waals surface area contributed by atoms with Crippen LogP contribution in [-0.2, 0) is 4.79 Å². The largest absolute Gasteiger partial charge is 0.489 e. The average Bonchev–Trinajstić information content (AvgIpc) is 2.61. The third-order valence-corrected chi connectivity index (χ3v) is 4.20. The zero-order valence-corrected chi connectivity index (χ0v) is 14.7. The van der Waals surface area contributed by atoms with Crippen LogP contribution in [0.25, 0.3) is 0 Å². The molecule has 0 bridgehead atoms. The summed E-state index contributed by atoms with van der Waals surface area (Å²) in [5.74, 6) is 0.278. The van der Waals surface area contributed by atoms with Crippen molar-refractivity contribution in [3.05, 3.63) is 23.8 Å². The summed E-state index contributed by atoms with van der Waals surface area (Å²) in [5.41, 5.74) is 1.29. The van der Waals surface area contributed by atoms with Gasteiger partial charge in [-0.05, 0) is 18.2 Å². The summed E-state index contributed by atoms with van der Waals surface area (Å²) in [4.78, 5) is 27.6. The number of carbonyl (C=O) groups is 2. The smallest absolute Gasteiger partial charge is 0.253 e. The first kappa shape index (κ1) is 19.0. The van der Waals surface area contributed by atoms with E-state index in [1.54, 1.807) is 32.3 Å². The Morgan fingerprint density at radius 1 is 1.36 bits per heavy atom. The molecule has 1 atom stereocenters. The molecule has 3 N–H and O–H groups in total. The number of nitrogens with one attached hydrogen (secondary N) is 1. The highest BCUT2D eigenvalue weighted by Crippen LogP contribution is 2.34. The number of likely N-dealkylation sites (N-methyl/N-ethyl adjacent to an activating group) is 1. The number of nitrogens with zero attached hydrogens (tertiary/aromatic N) is 2. The van der Waals surface area contributed by atoms with Crippen LogP contribution in [0.3, 0.4) is 0 Å². The number of benzene rings is 1. The van der Waals surface area contributed by atoms with Gasteiger partial charge in [0.2, 0.25) is 5.91 Å². The van der Waals surface area contributed by atoms with Gasteiger partial charge < -0.3 is 30.1 Å². The third-order valence-electron chi connectivity index (χ3n) is 4.20. The van der Waals surface area contributed by atoms with Crippen LogP contribution in [0.2, 0.25) is 0 Å². The molecule has 0 fully saturated rings. The number of hydrogen-bond donors (Lipinski definition) is 3. The van der Waals surface area contributed by atoms with Crippen molar-refractivity contribution in [2.24, 2.45) is 0 Å². The van der Waals surface area contributed by atoms with Crippen LogP contribution in [0.1, 0.15) is 16.8 Å². The highest BCUT2D eigenvalue weighted by atomic mass is 16.5. The molecule has 0 radical (unpaired) electrons. The van der Waals surface area contributed by atoms with Crippen LogP contribution in [0.4, 0.5) is 5.69 Å². The Morgan fingerprint density at radius 2 is 2.04 bits per heavy atom. The summed E-state index contributed by atoms with van der Waals surface area (Å²) in [7, 11) is 5.22. The van der Waals surface area contributed by atoms with Crippen molar-refractivity contribution in [1.29, 1.82) is 0 Å². The van der Waals surface area contributed by atoms with Crippen molar-refractivity contribution in [1.82, 2.24) is 10.2 Å². The van der Waals surface area contributed by atoms with Crippen LogP contribution in [0, 0.1) is 0 Å². The number of amides is 2. The van der Waals surface area contributed by atoms with Crippen LogP contribution in [-0.4, -0.2) is 80.0 Å². The Labute approximate surface area is 147 Å². The molecule has 25 heavy (non-hydrogen) atoms. The lowest BCUT2D eigenvalue weighted by Gasteiger charge is -2.36. The summed E-state index contributed by atoms with van der Waals surface area (Å²) in [6.07, 6.45) is 0.151. The second-order valence-electron chi connectivity index (χ2n) is 6.29. The van der Waals surface area contributed by atoms with Crippen LogP contribution in [0.15, 0.2) is 18.2 Å². The molecule has 2 amide bonds. The highest BCUT2D eigenvalue weighted by Gasteiger charge is 2.28. The first-order chi connectivity index (χ1) is 11.9. The van der Waals surface area contributed by atoms with E-state index >= 15 is 0 Å². The zero-order valence-electron chi connectivity index (χ0n) is 14.7. The van der Waals surface area contributed by atoms with E-state index in [0.29, 0.717) is 17.9 Å². The van der Waals surface area contributed by atoms with E-state index in [1.807, 2.05) is 11.9 Å². The second kappa shape index (κ2) is 8.17. The molecule has 0 spiro atoms. The number of ether oxygens (including phenoxy) is 1. The van der Waals surface area contributed by atoms with Gasteiger partial charge in [-0.25, -0.2) is 0 Å². The predicted octanol–water partition coefficient (Wildman–Crippen LogP) is -0.555. The topological polar surface area (TPSA) is 102 Å². The minimum Gasteiger partial charge on any atom is -0.489 e. The molecule has 2 rings (SSSR count). The molecule has 0 saturated carbocycles. The van der Waals surface area contributed by atoms with Crippen molar-refractivity contribution in [2.45, 2.75) is 18.5 Å². The number of hydrogen-bond acceptors (Lipinski definition) is 6. The summed E-state index contributed by atoms with van der Waals surface area (Å²) < 4.78 is 5.71. The van der Waals surface area contributed by atoms with Gasteiger partial charge in [0.1, 0.15) is 12.4 Å². The standard InChI is InChI=1S/C17H25N3O5/c1-19(2)17(24)11-4-5-15-14(6-11)20(3)13(10-25-15)7-16(23)18-12(8-21)9-22/h4-6,12-13,21-22H,7-10H2,1-3H3,(H,18,23)/t13-/m0/s1. The van der Waals surface area contributed by atoms with Gasteiger partial charge in [-0.2, -0.15) is 0 Å². The quantitative estimate of drug-likeness (QED) is 0.635. The maximum Gasteiger partial charge on any atom is 0.253 e. The van der Waals surface area contributed by atoms with Crippen LogP contribution >= 0.6 is 0 Å². The summed E-state index contributed by atoms with van der Waals surface area (Å²) in [6.45, 7) is -0.309. The molecular weight excluding hydrogens is 326 g/mol. The SMILES string of the molecule is CN(C)C(=O)c1ccc2c(c1)N(C)[C@@H](CC(=O)NC(CO)CO)CO2. The molecule has 1 heterocycles. The molecule has 1 aromatic carbocycles. The normalized spacial score (nSPS) is 16.2. The van der Waals surface area contributed by atoms with E-state index in [9.17, 15) is 9.59 Å². The van der Waals surface area contributed by atoms with E-state index < -0.39 is 6.04 Å². The lowest BCUT2D eigenvalue weighted by atomic mass is 10.1. The fourth-order valence-corrected chi connectivity index (χ4v) is 2.65. The summed E-state index contributed by atoms with van der Waals surface area (Å²) in [6, 6.07) is 4.35. The summed E-state index contributed by atoms with van der Waals surface area (Å²) in [5, 5.41) is 20.7. The van der Waals surface area contributed by atoms with Gasteiger partial charge in [-0.1, -0.05) is 0 Å². The third kappa shape index (κ3) is 4.40. The lowest BCUT2D eigenvalue weighted by Crippen LogP contribution is -2.47. The van der Waals surface area contributed by atoms with Crippen molar-refractivity contribution >= 4 is 17.5 Å². The minimum absolute atomic E-state index is 0.107. The number of anilines is 1. The maximum absolute atomic E-state index is 12.1. The van der Waals surface area contributed by atoms with E-state index in [1.165, 1.54) is 4.90 Å². The number of carbonyl (C=O) groups excluding carboxylic acids is 2. The Balaban J connectivity index is 2.11. The minimum atomic E-state index is -0.668. The number of aliphatic hydroxyl groups is 2. The first-order valence-corrected chi connectivity index (χ1v) is 8.09. The Kier molecular flexibility index (Phi) is 6.22. The molecule has 1 aromatic rings. The molecule has 138 valence electrons. The van der Waals surface area contributed by atoms with Crippen molar-refractivity contribution in [2.75, 3.05) is 45.9 Å². The predicted molar refractivity (Wildman–Crippen MR) is 92.9 cm³/mol. The van der Waals surface area contributed by atoms with Gasteiger partial charge in [0.05, 0.1) is 37.4 Å². The monoisotopic (exact) mass is 351 g/mol. The van der Waals surface area contributed by atoms with E-state index in [4.69, 9.17) is 14.9 Å². The van der Waals surface area contributed by atoms with Crippen LogP contribution < -0.4 is 15.0 Å². The van der Waals surface area contributed by atoms with E-state index in [0.717, 1.165) is 5.69 Å². The average molecular weight is 351 g/mol. The first-order valence-electron chi connectivity index (χ1n) is 8.09. The maximum atomic E-state index is 12.1. The Hall–Kier alpha value is -2.32. The number of rotatable bonds is 6. The molecule has 1 aliphatic rings.